The molecule has 4 nitrogen and oxygen atoms in total. The van der Waals surface area contributed by atoms with Gasteiger partial charge in [0.2, 0.25) is 0 Å². The highest BCUT2D eigenvalue weighted by atomic mass is 35.5. The summed E-state index contributed by atoms with van der Waals surface area (Å²) in [5.41, 5.74) is 2.63. The maximum atomic E-state index is 13.0. The molecule has 3 rings (SSSR count). The molecule has 0 atom stereocenters. The van der Waals surface area contributed by atoms with Crippen LogP contribution in [0.4, 0.5) is 10.7 Å². The number of carbonyl (C=O) groups excluding carboxylic acids is 2. The zero-order chi connectivity index (χ0) is 20.1. The SMILES string of the molecule is CC(C)Cc1csc(NC(=O)c2ccccc2)c1C(=O)Nc1ccc(Cl)cc1. The number of amides is 2. The second-order valence-electron chi connectivity index (χ2n) is 6.84. The van der Waals surface area contributed by atoms with Crippen molar-refractivity contribution in [3.63, 3.8) is 0 Å². The largest absolute Gasteiger partial charge is 0.322 e. The number of benzene rings is 2. The molecule has 144 valence electrons. The van der Waals surface area contributed by atoms with Crippen molar-refractivity contribution in [1.82, 2.24) is 0 Å². The molecule has 3 aromatic rings. The zero-order valence-corrected chi connectivity index (χ0v) is 17.2. The summed E-state index contributed by atoms with van der Waals surface area (Å²) in [6.07, 6.45) is 0.751. The Balaban J connectivity index is 1.88. The van der Waals surface area contributed by atoms with Crippen LogP contribution in [-0.4, -0.2) is 11.8 Å². The van der Waals surface area contributed by atoms with Gasteiger partial charge in [0.25, 0.3) is 11.8 Å². The van der Waals surface area contributed by atoms with Crippen LogP contribution in [0.5, 0.6) is 0 Å². The van der Waals surface area contributed by atoms with Crippen molar-refractivity contribution in [1.29, 1.82) is 0 Å². The molecular formula is C22H21ClN2O2S. The Morgan fingerprint density at radius 3 is 2.29 bits per heavy atom. The van der Waals surface area contributed by atoms with Crippen LogP contribution in [0.3, 0.4) is 0 Å². The summed E-state index contributed by atoms with van der Waals surface area (Å²) in [6.45, 7) is 4.20. The summed E-state index contributed by atoms with van der Waals surface area (Å²) in [6, 6.07) is 15.9. The third-order valence-electron chi connectivity index (χ3n) is 4.09. The lowest BCUT2D eigenvalue weighted by atomic mass is 10.0. The Bertz CT molecular complexity index is 966. The number of hydrogen-bond donors (Lipinski definition) is 2. The number of anilines is 2. The van der Waals surface area contributed by atoms with Gasteiger partial charge in [-0.15, -0.1) is 11.3 Å². The first kappa shape index (κ1) is 20.1. The molecule has 1 heterocycles. The van der Waals surface area contributed by atoms with Crippen LogP contribution >= 0.6 is 22.9 Å². The molecule has 0 saturated carbocycles. The van der Waals surface area contributed by atoms with Crippen molar-refractivity contribution in [2.45, 2.75) is 20.3 Å². The predicted molar refractivity (Wildman–Crippen MR) is 117 cm³/mol. The van der Waals surface area contributed by atoms with E-state index in [2.05, 4.69) is 24.5 Å². The molecule has 6 heteroatoms. The highest BCUT2D eigenvalue weighted by molar-refractivity contribution is 7.15. The maximum Gasteiger partial charge on any atom is 0.258 e. The van der Waals surface area contributed by atoms with E-state index in [0.717, 1.165) is 12.0 Å². The summed E-state index contributed by atoms with van der Waals surface area (Å²) < 4.78 is 0. The van der Waals surface area contributed by atoms with Crippen molar-refractivity contribution < 1.29 is 9.59 Å². The van der Waals surface area contributed by atoms with Crippen molar-refractivity contribution in [3.05, 3.63) is 81.7 Å². The number of thiophene rings is 1. The standard InChI is InChI=1S/C22H21ClN2O2S/c1-14(2)12-16-13-28-22(25-20(26)15-6-4-3-5-7-15)19(16)21(27)24-18-10-8-17(23)9-11-18/h3-11,13-14H,12H2,1-2H3,(H,24,27)(H,25,26). The van der Waals surface area contributed by atoms with Crippen LogP contribution in [0.2, 0.25) is 5.02 Å². The number of carbonyl (C=O) groups is 2. The average molecular weight is 413 g/mol. The lowest BCUT2D eigenvalue weighted by Gasteiger charge is -2.11. The topological polar surface area (TPSA) is 58.2 Å². The number of halogens is 1. The lowest BCUT2D eigenvalue weighted by molar-refractivity contribution is 0.102. The summed E-state index contributed by atoms with van der Waals surface area (Å²) in [5.74, 6) is -0.101. The van der Waals surface area contributed by atoms with Gasteiger partial charge in [-0.05, 0) is 59.7 Å². The van der Waals surface area contributed by atoms with Crippen LogP contribution in [0.15, 0.2) is 60.0 Å². The molecule has 28 heavy (non-hydrogen) atoms. The molecular weight excluding hydrogens is 392 g/mol. The van der Waals surface area contributed by atoms with Crippen LogP contribution < -0.4 is 10.6 Å². The zero-order valence-electron chi connectivity index (χ0n) is 15.7. The van der Waals surface area contributed by atoms with Gasteiger partial charge in [-0.3, -0.25) is 9.59 Å². The molecule has 0 aliphatic heterocycles. The minimum Gasteiger partial charge on any atom is -0.322 e. The Labute approximate surface area is 173 Å². The fraction of sp³-hybridized carbons (Fsp3) is 0.182. The lowest BCUT2D eigenvalue weighted by Crippen LogP contribution is -2.18. The Kier molecular flexibility index (Phi) is 6.49. The van der Waals surface area contributed by atoms with Crippen LogP contribution in [-0.2, 0) is 6.42 Å². The normalized spacial score (nSPS) is 10.7. The van der Waals surface area contributed by atoms with E-state index in [1.54, 1.807) is 36.4 Å². The second kappa shape index (κ2) is 9.04. The Hall–Kier alpha value is -2.63. The third-order valence-corrected chi connectivity index (χ3v) is 5.28. The fourth-order valence-corrected chi connectivity index (χ4v) is 3.91. The van der Waals surface area contributed by atoms with Crippen molar-refractivity contribution in [2.24, 2.45) is 5.92 Å². The molecule has 0 radical (unpaired) electrons. The first-order valence-electron chi connectivity index (χ1n) is 8.97. The maximum absolute atomic E-state index is 13.0. The number of rotatable bonds is 6. The van der Waals surface area contributed by atoms with E-state index in [9.17, 15) is 9.59 Å². The quantitative estimate of drug-likeness (QED) is 0.513. The number of hydrogen-bond acceptors (Lipinski definition) is 3. The van der Waals surface area contributed by atoms with Gasteiger partial charge < -0.3 is 10.6 Å². The van der Waals surface area contributed by atoms with Crippen molar-refractivity contribution >= 4 is 45.4 Å². The fourth-order valence-electron chi connectivity index (χ4n) is 2.82. The average Bonchev–Trinajstić information content (AvgIpc) is 3.05. The van der Waals surface area contributed by atoms with Gasteiger partial charge in [-0.1, -0.05) is 43.6 Å². The summed E-state index contributed by atoms with van der Waals surface area (Å²) in [5, 5.41) is 8.89. The van der Waals surface area contributed by atoms with E-state index >= 15 is 0 Å². The molecule has 0 fully saturated rings. The van der Waals surface area contributed by atoms with Crippen LogP contribution in [0, 0.1) is 5.92 Å². The van der Waals surface area contributed by atoms with E-state index < -0.39 is 0 Å². The van der Waals surface area contributed by atoms with Crippen LogP contribution in [0.1, 0.15) is 40.1 Å². The molecule has 0 spiro atoms. The monoisotopic (exact) mass is 412 g/mol. The van der Waals surface area contributed by atoms with E-state index in [4.69, 9.17) is 11.6 Å². The first-order valence-corrected chi connectivity index (χ1v) is 10.2. The van der Waals surface area contributed by atoms with Crippen molar-refractivity contribution in [2.75, 3.05) is 10.6 Å². The molecule has 0 aliphatic rings. The molecule has 2 N–H and O–H groups in total. The van der Waals surface area contributed by atoms with Gasteiger partial charge >= 0.3 is 0 Å². The smallest absolute Gasteiger partial charge is 0.258 e. The first-order chi connectivity index (χ1) is 13.4. The Morgan fingerprint density at radius 1 is 0.964 bits per heavy atom. The minimum atomic E-state index is -0.248. The molecule has 0 saturated heterocycles. The summed E-state index contributed by atoms with van der Waals surface area (Å²) in [7, 11) is 0. The third kappa shape index (κ3) is 5.00. The molecule has 1 aromatic heterocycles. The number of nitrogens with one attached hydrogen (secondary N) is 2. The molecule has 2 amide bonds. The molecule has 2 aromatic carbocycles. The molecule has 0 bridgehead atoms. The molecule has 0 aliphatic carbocycles. The molecule has 0 unspecified atom stereocenters. The van der Waals surface area contributed by atoms with E-state index in [1.165, 1.54) is 11.3 Å². The summed E-state index contributed by atoms with van der Waals surface area (Å²) in [4.78, 5) is 25.6. The summed E-state index contributed by atoms with van der Waals surface area (Å²) >= 11 is 7.28. The van der Waals surface area contributed by atoms with Gasteiger partial charge in [0.15, 0.2) is 0 Å². The van der Waals surface area contributed by atoms with Gasteiger partial charge in [-0.2, -0.15) is 0 Å². The van der Waals surface area contributed by atoms with Gasteiger partial charge in [-0.25, -0.2) is 0 Å². The predicted octanol–water partition coefficient (Wildman–Crippen LogP) is 6.10. The van der Waals surface area contributed by atoms with E-state index in [1.807, 2.05) is 23.6 Å². The van der Waals surface area contributed by atoms with E-state index in [0.29, 0.717) is 32.8 Å². The highest BCUT2D eigenvalue weighted by Crippen LogP contribution is 2.31. The minimum absolute atomic E-state index is 0.237. The van der Waals surface area contributed by atoms with Gasteiger partial charge in [0.05, 0.1) is 5.56 Å². The van der Waals surface area contributed by atoms with E-state index in [-0.39, 0.29) is 11.8 Å². The highest BCUT2D eigenvalue weighted by Gasteiger charge is 2.21. The van der Waals surface area contributed by atoms with Gasteiger partial charge in [0, 0.05) is 16.3 Å². The van der Waals surface area contributed by atoms with Crippen LogP contribution in [0.25, 0.3) is 0 Å². The Morgan fingerprint density at radius 2 is 1.64 bits per heavy atom. The van der Waals surface area contributed by atoms with Crippen molar-refractivity contribution in [3.8, 4) is 0 Å². The second-order valence-corrected chi connectivity index (χ2v) is 8.16. The van der Waals surface area contributed by atoms with Gasteiger partial charge in [0.1, 0.15) is 5.00 Å².